The fourth-order valence-electron chi connectivity index (χ4n) is 2.88. The van der Waals surface area contributed by atoms with Crippen LogP contribution in [0.25, 0.3) is 0 Å². The number of thiophene rings is 1. The highest BCUT2D eigenvalue weighted by Crippen LogP contribution is 2.50. The Morgan fingerprint density at radius 1 is 1.62 bits per heavy atom. The average molecular weight is 298 g/mol. The summed E-state index contributed by atoms with van der Waals surface area (Å²) in [6, 6.07) is 4.59. The number of halogens is 1. The Morgan fingerprint density at radius 2 is 2.50 bits per heavy atom. The highest BCUT2D eigenvalue weighted by Gasteiger charge is 2.53. The summed E-state index contributed by atoms with van der Waals surface area (Å²) in [6.07, 6.45) is 4.45. The Labute approximate surface area is 107 Å². The Balaban J connectivity index is 1.88. The lowest BCUT2D eigenvalue weighted by molar-refractivity contribution is 0.0789. The van der Waals surface area contributed by atoms with Crippen molar-refractivity contribution in [3.63, 3.8) is 0 Å². The molecule has 0 aliphatic carbocycles. The smallest absolute Gasteiger partial charge is 0.0908 e. The van der Waals surface area contributed by atoms with E-state index in [1.807, 2.05) is 0 Å². The van der Waals surface area contributed by atoms with Gasteiger partial charge in [0.15, 0.2) is 0 Å². The van der Waals surface area contributed by atoms with Gasteiger partial charge in [0, 0.05) is 15.8 Å². The molecule has 3 heterocycles. The van der Waals surface area contributed by atoms with E-state index in [2.05, 4.69) is 33.4 Å². The summed E-state index contributed by atoms with van der Waals surface area (Å²) in [6.45, 7) is 0. The van der Waals surface area contributed by atoms with Gasteiger partial charge in [-0.3, -0.25) is 0 Å². The van der Waals surface area contributed by atoms with Crippen LogP contribution in [0.3, 0.4) is 0 Å². The van der Waals surface area contributed by atoms with Crippen LogP contribution in [0.2, 0.25) is 0 Å². The van der Waals surface area contributed by atoms with Crippen molar-refractivity contribution in [2.75, 3.05) is 0 Å². The Hall–Kier alpha value is -0.370. The maximum atomic E-state index is 9.49. The summed E-state index contributed by atoms with van der Waals surface area (Å²) in [5.74, 6) is 0. The molecule has 2 bridgehead atoms. The third-order valence-electron chi connectivity index (χ3n) is 3.71. The number of hydrogen-bond acceptors (Lipinski definition) is 3. The van der Waals surface area contributed by atoms with Gasteiger partial charge in [-0.2, -0.15) is 5.26 Å². The quantitative estimate of drug-likeness (QED) is 0.837. The van der Waals surface area contributed by atoms with Crippen molar-refractivity contribution < 1.29 is 4.74 Å². The van der Waals surface area contributed by atoms with Gasteiger partial charge < -0.3 is 4.74 Å². The van der Waals surface area contributed by atoms with Crippen molar-refractivity contribution in [3.05, 3.63) is 20.8 Å². The molecule has 0 N–H and O–H groups in total. The first kappa shape index (κ1) is 10.8. The molecule has 84 valence electrons. The summed E-state index contributed by atoms with van der Waals surface area (Å²) in [4.78, 5) is 1.28. The van der Waals surface area contributed by atoms with Gasteiger partial charge in [-0.05, 0) is 46.6 Å². The second-order valence-electron chi connectivity index (χ2n) is 4.66. The lowest BCUT2D eigenvalue weighted by Gasteiger charge is -2.27. The number of ether oxygens (including phenoxy) is 1. The van der Waals surface area contributed by atoms with Crippen LogP contribution >= 0.6 is 27.3 Å². The van der Waals surface area contributed by atoms with Crippen molar-refractivity contribution >= 4 is 27.3 Å². The molecule has 0 saturated carbocycles. The van der Waals surface area contributed by atoms with Crippen molar-refractivity contribution in [1.29, 1.82) is 5.26 Å². The Kier molecular flexibility index (Phi) is 2.58. The molecule has 4 heteroatoms. The SMILES string of the molecule is N#CC1(Cc2sccc2Br)CC2CCC1O2. The first-order valence-corrected chi connectivity index (χ1v) is 7.19. The second-order valence-corrected chi connectivity index (χ2v) is 6.52. The third-order valence-corrected chi connectivity index (χ3v) is 5.63. The van der Waals surface area contributed by atoms with E-state index in [4.69, 9.17) is 4.74 Å². The van der Waals surface area contributed by atoms with E-state index in [1.54, 1.807) is 11.3 Å². The minimum absolute atomic E-state index is 0.163. The number of nitriles is 1. The fourth-order valence-corrected chi connectivity index (χ4v) is 4.50. The molecule has 2 fully saturated rings. The highest BCUT2D eigenvalue weighted by molar-refractivity contribution is 9.10. The first-order chi connectivity index (χ1) is 7.73. The molecule has 1 aromatic heterocycles. The summed E-state index contributed by atoms with van der Waals surface area (Å²) in [7, 11) is 0. The van der Waals surface area contributed by atoms with Gasteiger partial charge in [0.2, 0.25) is 0 Å². The second kappa shape index (κ2) is 3.83. The monoisotopic (exact) mass is 297 g/mol. The van der Waals surface area contributed by atoms with Crippen LogP contribution in [0.4, 0.5) is 0 Å². The molecular formula is C12H12BrNOS. The van der Waals surface area contributed by atoms with Crippen LogP contribution in [0.5, 0.6) is 0 Å². The maximum Gasteiger partial charge on any atom is 0.0908 e. The molecule has 2 aliphatic heterocycles. The molecule has 3 atom stereocenters. The molecule has 0 spiro atoms. The van der Waals surface area contributed by atoms with E-state index in [9.17, 15) is 5.26 Å². The lowest BCUT2D eigenvalue weighted by atomic mass is 9.72. The van der Waals surface area contributed by atoms with E-state index in [1.165, 1.54) is 4.88 Å². The molecule has 3 rings (SSSR count). The van der Waals surface area contributed by atoms with Crippen LogP contribution < -0.4 is 0 Å². The van der Waals surface area contributed by atoms with Gasteiger partial charge in [-0.1, -0.05) is 0 Å². The molecule has 0 aromatic carbocycles. The van der Waals surface area contributed by atoms with E-state index in [0.29, 0.717) is 6.10 Å². The zero-order chi connectivity index (χ0) is 11.2. The molecule has 0 amide bonds. The number of rotatable bonds is 2. The largest absolute Gasteiger partial charge is 0.373 e. The average Bonchev–Trinajstić information content (AvgIpc) is 2.96. The van der Waals surface area contributed by atoms with Gasteiger partial charge in [0.25, 0.3) is 0 Å². The van der Waals surface area contributed by atoms with Crippen molar-refractivity contribution in [1.82, 2.24) is 0 Å². The zero-order valence-electron chi connectivity index (χ0n) is 8.78. The molecule has 2 saturated heterocycles. The van der Waals surface area contributed by atoms with E-state index >= 15 is 0 Å². The van der Waals surface area contributed by atoms with E-state index in [-0.39, 0.29) is 11.5 Å². The van der Waals surface area contributed by atoms with Crippen LogP contribution in [0.1, 0.15) is 24.1 Å². The first-order valence-electron chi connectivity index (χ1n) is 5.52. The van der Waals surface area contributed by atoms with Gasteiger partial charge in [0.1, 0.15) is 0 Å². The lowest BCUT2D eigenvalue weighted by Crippen LogP contribution is -2.32. The van der Waals surface area contributed by atoms with E-state index < -0.39 is 0 Å². The predicted octanol–water partition coefficient (Wildman–Crippen LogP) is 3.51. The minimum Gasteiger partial charge on any atom is -0.373 e. The molecular weight excluding hydrogens is 286 g/mol. The van der Waals surface area contributed by atoms with Crippen molar-refractivity contribution in [2.24, 2.45) is 5.41 Å². The highest BCUT2D eigenvalue weighted by atomic mass is 79.9. The van der Waals surface area contributed by atoms with Crippen molar-refractivity contribution in [3.8, 4) is 6.07 Å². The molecule has 2 nitrogen and oxygen atoms in total. The zero-order valence-corrected chi connectivity index (χ0v) is 11.2. The van der Waals surface area contributed by atoms with Crippen molar-refractivity contribution in [2.45, 2.75) is 37.9 Å². The normalized spacial score (nSPS) is 36.5. The van der Waals surface area contributed by atoms with E-state index in [0.717, 1.165) is 30.2 Å². The molecule has 16 heavy (non-hydrogen) atoms. The summed E-state index contributed by atoms with van der Waals surface area (Å²) >= 11 is 5.26. The van der Waals surface area contributed by atoms with Crippen LogP contribution in [-0.2, 0) is 11.2 Å². The maximum absolute atomic E-state index is 9.49. The Morgan fingerprint density at radius 3 is 3.00 bits per heavy atom. The topological polar surface area (TPSA) is 33.0 Å². The van der Waals surface area contributed by atoms with Crippen LogP contribution in [0, 0.1) is 16.7 Å². The number of fused-ring (bicyclic) bond motifs is 2. The van der Waals surface area contributed by atoms with Gasteiger partial charge in [-0.25, -0.2) is 0 Å². The minimum atomic E-state index is -0.268. The number of nitrogens with zero attached hydrogens (tertiary/aromatic N) is 1. The van der Waals surface area contributed by atoms with Crippen LogP contribution in [0.15, 0.2) is 15.9 Å². The molecule has 1 aromatic rings. The fraction of sp³-hybridized carbons (Fsp3) is 0.583. The van der Waals surface area contributed by atoms with Crippen LogP contribution in [-0.4, -0.2) is 12.2 Å². The Bertz CT molecular complexity index is 452. The predicted molar refractivity (Wildman–Crippen MR) is 66.3 cm³/mol. The molecule has 3 unspecified atom stereocenters. The summed E-state index contributed by atoms with van der Waals surface area (Å²) in [5.41, 5.74) is -0.268. The standard InChI is InChI=1S/C12H12BrNOS/c13-9-3-4-16-10(9)6-12(7-14)5-8-1-2-11(12)15-8/h3-4,8,11H,1-2,5-6H2. The van der Waals surface area contributed by atoms with Gasteiger partial charge in [-0.15, -0.1) is 11.3 Å². The molecule has 0 radical (unpaired) electrons. The summed E-state index contributed by atoms with van der Waals surface area (Å²) in [5, 5.41) is 11.6. The van der Waals surface area contributed by atoms with Gasteiger partial charge in [0.05, 0.1) is 23.7 Å². The molecule has 2 aliphatic rings. The number of hydrogen-bond donors (Lipinski definition) is 0. The third kappa shape index (κ3) is 1.54. The summed E-state index contributed by atoms with van der Waals surface area (Å²) < 4.78 is 6.97. The van der Waals surface area contributed by atoms with Gasteiger partial charge >= 0.3 is 0 Å².